The minimum Gasteiger partial charge on any atom is -0.487 e. The molecule has 24 heavy (non-hydrogen) atoms. The number of ether oxygens (including phenoxy) is 1. The van der Waals surface area contributed by atoms with Gasteiger partial charge in [-0.1, -0.05) is 18.2 Å². The number of thiazole rings is 1. The number of hydrogen-bond acceptors (Lipinski definition) is 5. The fourth-order valence-corrected chi connectivity index (χ4v) is 3.54. The van der Waals surface area contributed by atoms with E-state index in [9.17, 15) is 4.79 Å². The fourth-order valence-electron chi connectivity index (χ4n) is 2.84. The number of rotatable bonds is 5. The summed E-state index contributed by atoms with van der Waals surface area (Å²) in [5.41, 5.74) is 0.830. The van der Waals surface area contributed by atoms with Gasteiger partial charge in [0, 0.05) is 17.3 Å². The molecular formula is C18H23N3O2S. The van der Waals surface area contributed by atoms with Crippen LogP contribution in [0, 0.1) is 5.92 Å². The maximum atomic E-state index is 12.4. The number of nitrogens with one attached hydrogen (secondary N) is 1. The van der Waals surface area contributed by atoms with Crippen LogP contribution in [0.3, 0.4) is 0 Å². The van der Waals surface area contributed by atoms with Crippen molar-refractivity contribution in [2.45, 2.75) is 32.4 Å². The standard InChI is InChI=1S/C18H23N3O2S/c1-13-10-14(8-9-21(13)2)17(22)20-18-19-15(12-24-18)11-23-16-6-4-3-5-7-16/h3-7,12-14H,8-11H2,1-2H3,(H,19,20,22)/t13-,14-/m1/s1. The molecule has 2 aromatic rings. The molecule has 1 aromatic heterocycles. The van der Waals surface area contributed by atoms with Crippen molar-refractivity contribution in [3.63, 3.8) is 0 Å². The van der Waals surface area contributed by atoms with Gasteiger partial charge in [0.05, 0.1) is 5.69 Å². The SMILES string of the molecule is C[C@@H]1C[C@H](C(=O)Nc2nc(COc3ccccc3)cs2)CCN1C. The summed E-state index contributed by atoms with van der Waals surface area (Å²) in [6.45, 7) is 3.54. The molecule has 1 amide bonds. The quantitative estimate of drug-likeness (QED) is 0.902. The van der Waals surface area contributed by atoms with Crippen LogP contribution in [0.15, 0.2) is 35.7 Å². The maximum Gasteiger partial charge on any atom is 0.229 e. The van der Waals surface area contributed by atoms with E-state index in [4.69, 9.17) is 4.74 Å². The number of benzene rings is 1. The van der Waals surface area contributed by atoms with Gasteiger partial charge in [-0.25, -0.2) is 4.98 Å². The number of carbonyl (C=O) groups is 1. The fraction of sp³-hybridized carbons (Fsp3) is 0.444. The van der Waals surface area contributed by atoms with E-state index in [1.807, 2.05) is 35.7 Å². The van der Waals surface area contributed by atoms with Crippen molar-refractivity contribution < 1.29 is 9.53 Å². The molecule has 1 aliphatic rings. The van der Waals surface area contributed by atoms with Crippen LogP contribution >= 0.6 is 11.3 Å². The van der Waals surface area contributed by atoms with Crippen LogP contribution in [-0.4, -0.2) is 35.4 Å². The van der Waals surface area contributed by atoms with Gasteiger partial charge in [0.25, 0.3) is 0 Å². The molecule has 1 aliphatic heterocycles. The van der Waals surface area contributed by atoms with Gasteiger partial charge in [0.1, 0.15) is 12.4 Å². The van der Waals surface area contributed by atoms with E-state index in [0.717, 1.165) is 30.8 Å². The molecule has 1 fully saturated rings. The molecule has 3 rings (SSSR count). The summed E-state index contributed by atoms with van der Waals surface area (Å²) in [5, 5.41) is 5.54. The Morgan fingerprint density at radius 3 is 2.96 bits per heavy atom. The van der Waals surface area contributed by atoms with Gasteiger partial charge >= 0.3 is 0 Å². The number of nitrogens with zero attached hydrogens (tertiary/aromatic N) is 2. The summed E-state index contributed by atoms with van der Waals surface area (Å²) in [5.74, 6) is 0.973. The molecule has 0 radical (unpaired) electrons. The van der Waals surface area contributed by atoms with E-state index in [0.29, 0.717) is 17.8 Å². The zero-order valence-corrected chi connectivity index (χ0v) is 14.9. The number of carbonyl (C=O) groups excluding carboxylic acids is 1. The second-order valence-corrected chi connectivity index (χ2v) is 7.14. The third-order valence-corrected chi connectivity index (χ3v) is 5.30. The number of anilines is 1. The molecular weight excluding hydrogens is 322 g/mol. The van der Waals surface area contributed by atoms with Gasteiger partial charge in [0.2, 0.25) is 5.91 Å². The van der Waals surface area contributed by atoms with E-state index in [-0.39, 0.29) is 11.8 Å². The molecule has 1 N–H and O–H groups in total. The van der Waals surface area contributed by atoms with Crippen molar-refractivity contribution in [1.82, 2.24) is 9.88 Å². The van der Waals surface area contributed by atoms with Crippen molar-refractivity contribution >= 4 is 22.4 Å². The first-order valence-corrected chi connectivity index (χ1v) is 9.13. The Hall–Kier alpha value is -1.92. The molecule has 2 heterocycles. The van der Waals surface area contributed by atoms with Gasteiger partial charge in [-0.15, -0.1) is 11.3 Å². The maximum absolute atomic E-state index is 12.4. The van der Waals surface area contributed by atoms with Gasteiger partial charge in [-0.05, 0) is 45.5 Å². The van der Waals surface area contributed by atoms with Gasteiger partial charge in [0.15, 0.2) is 5.13 Å². The predicted molar refractivity (Wildman–Crippen MR) is 96.3 cm³/mol. The molecule has 0 unspecified atom stereocenters. The Bertz CT molecular complexity index is 674. The molecule has 0 bridgehead atoms. The summed E-state index contributed by atoms with van der Waals surface area (Å²) < 4.78 is 5.68. The first-order chi connectivity index (χ1) is 11.6. The molecule has 5 nitrogen and oxygen atoms in total. The highest BCUT2D eigenvalue weighted by Crippen LogP contribution is 2.24. The third kappa shape index (κ3) is 4.33. The minimum atomic E-state index is 0.0733. The number of piperidine rings is 1. The van der Waals surface area contributed by atoms with Crippen LogP contribution in [0.25, 0.3) is 0 Å². The topological polar surface area (TPSA) is 54.5 Å². The highest BCUT2D eigenvalue weighted by atomic mass is 32.1. The van der Waals surface area contributed by atoms with Gasteiger partial charge in [-0.2, -0.15) is 0 Å². The van der Waals surface area contributed by atoms with E-state index in [1.54, 1.807) is 0 Å². The average Bonchev–Trinajstić information content (AvgIpc) is 3.04. The highest BCUT2D eigenvalue weighted by Gasteiger charge is 2.28. The van der Waals surface area contributed by atoms with Crippen LogP contribution in [0.2, 0.25) is 0 Å². The highest BCUT2D eigenvalue weighted by molar-refractivity contribution is 7.13. The Balaban J connectivity index is 1.51. The molecule has 128 valence electrons. The number of likely N-dealkylation sites (tertiary alicyclic amines) is 1. The smallest absolute Gasteiger partial charge is 0.229 e. The normalized spacial score (nSPS) is 21.4. The van der Waals surface area contributed by atoms with Crippen molar-refractivity contribution in [2.24, 2.45) is 5.92 Å². The lowest BCUT2D eigenvalue weighted by atomic mass is 9.91. The zero-order chi connectivity index (χ0) is 16.9. The number of amides is 1. The van der Waals surface area contributed by atoms with Crippen molar-refractivity contribution in [2.75, 3.05) is 18.9 Å². The van der Waals surface area contributed by atoms with Crippen LogP contribution in [0.4, 0.5) is 5.13 Å². The third-order valence-electron chi connectivity index (χ3n) is 4.49. The molecule has 2 atom stereocenters. The summed E-state index contributed by atoms with van der Waals surface area (Å²) in [6.07, 6.45) is 1.81. The lowest BCUT2D eigenvalue weighted by Crippen LogP contribution is -2.41. The monoisotopic (exact) mass is 345 g/mol. The van der Waals surface area contributed by atoms with Crippen LogP contribution < -0.4 is 10.1 Å². The largest absolute Gasteiger partial charge is 0.487 e. The van der Waals surface area contributed by atoms with Crippen molar-refractivity contribution in [3.05, 3.63) is 41.4 Å². The second kappa shape index (κ2) is 7.77. The van der Waals surface area contributed by atoms with E-state index in [2.05, 4.69) is 29.2 Å². The zero-order valence-electron chi connectivity index (χ0n) is 14.1. The minimum absolute atomic E-state index is 0.0733. The molecule has 0 saturated carbocycles. The first kappa shape index (κ1) is 16.9. The Kier molecular flexibility index (Phi) is 5.48. The Morgan fingerprint density at radius 1 is 1.42 bits per heavy atom. The molecule has 6 heteroatoms. The van der Waals surface area contributed by atoms with Crippen molar-refractivity contribution in [1.29, 1.82) is 0 Å². The molecule has 1 saturated heterocycles. The van der Waals surface area contributed by atoms with Gasteiger partial charge in [-0.3, -0.25) is 4.79 Å². The number of para-hydroxylation sites is 1. The van der Waals surface area contributed by atoms with Crippen molar-refractivity contribution in [3.8, 4) is 5.75 Å². The van der Waals surface area contributed by atoms with Crippen LogP contribution in [0.5, 0.6) is 5.75 Å². The number of hydrogen-bond donors (Lipinski definition) is 1. The Morgan fingerprint density at radius 2 is 2.21 bits per heavy atom. The summed E-state index contributed by atoms with van der Waals surface area (Å²) in [7, 11) is 2.11. The van der Waals surface area contributed by atoms with Crippen LogP contribution in [-0.2, 0) is 11.4 Å². The molecule has 0 spiro atoms. The lowest BCUT2D eigenvalue weighted by molar-refractivity contribution is -0.121. The summed E-state index contributed by atoms with van der Waals surface area (Å²) in [4.78, 5) is 19.2. The lowest BCUT2D eigenvalue weighted by Gasteiger charge is -2.34. The predicted octanol–water partition coefficient (Wildman–Crippen LogP) is 3.39. The Labute approximate surface area is 146 Å². The van der Waals surface area contributed by atoms with E-state index in [1.165, 1.54) is 11.3 Å². The first-order valence-electron chi connectivity index (χ1n) is 8.25. The average molecular weight is 345 g/mol. The van der Waals surface area contributed by atoms with E-state index < -0.39 is 0 Å². The van der Waals surface area contributed by atoms with Crippen LogP contribution in [0.1, 0.15) is 25.5 Å². The van der Waals surface area contributed by atoms with E-state index >= 15 is 0 Å². The molecule has 1 aromatic carbocycles. The van der Waals surface area contributed by atoms with Gasteiger partial charge < -0.3 is 15.0 Å². The summed E-state index contributed by atoms with van der Waals surface area (Å²) in [6, 6.07) is 10.1. The summed E-state index contributed by atoms with van der Waals surface area (Å²) >= 11 is 1.44. The molecule has 0 aliphatic carbocycles. The number of aromatic nitrogens is 1. The second-order valence-electron chi connectivity index (χ2n) is 6.29.